The second-order valence-corrected chi connectivity index (χ2v) is 5.30. The summed E-state index contributed by atoms with van der Waals surface area (Å²) < 4.78 is 7.90. The summed E-state index contributed by atoms with van der Waals surface area (Å²) in [6.07, 6.45) is 4.29. The molecule has 0 saturated heterocycles. The van der Waals surface area contributed by atoms with Crippen molar-refractivity contribution in [3.63, 3.8) is 0 Å². The van der Waals surface area contributed by atoms with Gasteiger partial charge in [-0.15, -0.1) is 0 Å². The van der Waals surface area contributed by atoms with Gasteiger partial charge >= 0.3 is 0 Å². The highest BCUT2D eigenvalue weighted by atomic mass is 79.9. The van der Waals surface area contributed by atoms with Crippen molar-refractivity contribution >= 4 is 21.8 Å². The molecule has 1 aromatic heterocycles. The Morgan fingerprint density at radius 1 is 1.45 bits per heavy atom. The van der Waals surface area contributed by atoms with Crippen molar-refractivity contribution in [3.8, 4) is 5.75 Å². The van der Waals surface area contributed by atoms with Gasteiger partial charge in [0.15, 0.2) is 0 Å². The molecule has 0 aliphatic heterocycles. The number of rotatable bonds is 5. The van der Waals surface area contributed by atoms with Crippen LogP contribution in [0.5, 0.6) is 5.75 Å². The summed E-state index contributed by atoms with van der Waals surface area (Å²) in [5, 5.41) is 2.89. The second kappa shape index (κ2) is 6.56. The average Bonchev–Trinajstić information content (AvgIpc) is 2.83. The molecule has 0 saturated carbocycles. The van der Waals surface area contributed by atoms with Gasteiger partial charge in [0.2, 0.25) is 0 Å². The first-order valence-electron chi connectivity index (χ1n) is 6.18. The number of carbonyl (C=O) groups excluding carboxylic acids is 1. The minimum Gasteiger partial charge on any atom is -0.497 e. The number of aromatic nitrogens is 2. The molecule has 1 amide bonds. The van der Waals surface area contributed by atoms with Gasteiger partial charge < -0.3 is 14.6 Å². The molecular formula is C14H16BrN3O2. The Bertz CT molecular complexity index is 610. The van der Waals surface area contributed by atoms with Crippen molar-refractivity contribution in [2.45, 2.75) is 6.42 Å². The lowest BCUT2D eigenvalue weighted by Gasteiger charge is -2.08. The van der Waals surface area contributed by atoms with Crippen LogP contribution in [-0.4, -0.2) is 29.1 Å². The lowest BCUT2D eigenvalue weighted by molar-refractivity contribution is 0.0953. The van der Waals surface area contributed by atoms with Gasteiger partial charge in [0.1, 0.15) is 5.75 Å². The van der Waals surface area contributed by atoms with E-state index in [0.717, 1.165) is 16.6 Å². The molecule has 0 unspecified atom stereocenters. The van der Waals surface area contributed by atoms with E-state index in [2.05, 4.69) is 26.2 Å². The number of amides is 1. The molecule has 6 heteroatoms. The maximum absolute atomic E-state index is 12.1. The van der Waals surface area contributed by atoms with Crippen molar-refractivity contribution < 1.29 is 9.53 Å². The van der Waals surface area contributed by atoms with Gasteiger partial charge in [0.05, 0.1) is 13.4 Å². The number of methoxy groups -OCH3 is 1. The largest absolute Gasteiger partial charge is 0.497 e. The first-order valence-corrected chi connectivity index (χ1v) is 6.97. The number of halogens is 1. The number of aryl methyl sites for hydroxylation is 1. The normalized spacial score (nSPS) is 10.3. The topological polar surface area (TPSA) is 56.1 Å². The van der Waals surface area contributed by atoms with Crippen LogP contribution in [0.25, 0.3) is 0 Å². The highest BCUT2D eigenvalue weighted by Crippen LogP contribution is 2.21. The number of carbonyl (C=O) groups is 1. The van der Waals surface area contributed by atoms with Gasteiger partial charge in [0.25, 0.3) is 5.91 Å². The summed E-state index contributed by atoms with van der Waals surface area (Å²) in [7, 11) is 3.51. The van der Waals surface area contributed by atoms with Crippen molar-refractivity contribution in [1.82, 2.24) is 14.9 Å². The van der Waals surface area contributed by atoms with Crippen LogP contribution in [-0.2, 0) is 13.5 Å². The molecule has 106 valence electrons. The highest BCUT2D eigenvalue weighted by Gasteiger charge is 2.08. The quantitative estimate of drug-likeness (QED) is 0.909. The molecule has 1 aromatic carbocycles. The predicted molar refractivity (Wildman–Crippen MR) is 79.9 cm³/mol. The van der Waals surface area contributed by atoms with Crippen LogP contribution in [0, 0.1) is 0 Å². The standard InChI is InChI=1S/C14H16BrN3O2/c1-18-9-16-8-12(18)3-4-17-14(19)10-5-11(15)7-13(6-10)20-2/h5-9H,3-4H2,1-2H3,(H,17,19). The van der Waals surface area contributed by atoms with Gasteiger partial charge in [-0.2, -0.15) is 0 Å². The summed E-state index contributed by atoms with van der Waals surface area (Å²) in [6, 6.07) is 5.29. The Kier molecular flexibility index (Phi) is 4.79. The van der Waals surface area contributed by atoms with E-state index in [4.69, 9.17) is 4.74 Å². The van der Waals surface area contributed by atoms with Crippen molar-refractivity contribution in [2.75, 3.05) is 13.7 Å². The molecule has 5 nitrogen and oxygen atoms in total. The Hall–Kier alpha value is -1.82. The zero-order valence-electron chi connectivity index (χ0n) is 11.4. The molecule has 1 N–H and O–H groups in total. The molecule has 1 heterocycles. The van der Waals surface area contributed by atoms with Crippen LogP contribution in [0.4, 0.5) is 0 Å². The fourth-order valence-corrected chi connectivity index (χ4v) is 2.32. The van der Waals surface area contributed by atoms with Crippen molar-refractivity contribution in [3.05, 3.63) is 46.5 Å². The number of nitrogens with one attached hydrogen (secondary N) is 1. The van der Waals surface area contributed by atoms with E-state index < -0.39 is 0 Å². The van der Waals surface area contributed by atoms with Crippen LogP contribution < -0.4 is 10.1 Å². The number of hydrogen-bond acceptors (Lipinski definition) is 3. The van der Waals surface area contributed by atoms with E-state index in [1.54, 1.807) is 31.8 Å². The van der Waals surface area contributed by atoms with E-state index in [1.165, 1.54) is 0 Å². The molecule has 0 spiro atoms. The Morgan fingerprint density at radius 2 is 2.25 bits per heavy atom. The number of benzene rings is 1. The molecule has 2 aromatic rings. The van der Waals surface area contributed by atoms with E-state index >= 15 is 0 Å². The zero-order valence-corrected chi connectivity index (χ0v) is 13.0. The van der Waals surface area contributed by atoms with Crippen LogP contribution in [0.15, 0.2) is 35.2 Å². The van der Waals surface area contributed by atoms with Gasteiger partial charge in [0, 0.05) is 41.9 Å². The molecule has 0 aliphatic rings. The number of imidazole rings is 1. The molecule has 0 radical (unpaired) electrons. The van der Waals surface area contributed by atoms with Crippen molar-refractivity contribution in [1.29, 1.82) is 0 Å². The van der Waals surface area contributed by atoms with E-state index in [0.29, 0.717) is 17.9 Å². The molecule has 0 atom stereocenters. The number of nitrogens with zero attached hydrogens (tertiary/aromatic N) is 2. The minimum absolute atomic E-state index is 0.119. The Balaban J connectivity index is 1.95. The number of hydrogen-bond donors (Lipinski definition) is 1. The fourth-order valence-electron chi connectivity index (χ4n) is 1.84. The zero-order chi connectivity index (χ0) is 14.5. The summed E-state index contributed by atoms with van der Waals surface area (Å²) in [5.74, 6) is 0.530. The average molecular weight is 338 g/mol. The molecule has 2 rings (SSSR count). The Labute approximate surface area is 126 Å². The van der Waals surface area contributed by atoms with Crippen LogP contribution >= 0.6 is 15.9 Å². The van der Waals surface area contributed by atoms with Gasteiger partial charge in [-0.25, -0.2) is 4.98 Å². The third-order valence-electron chi connectivity index (χ3n) is 2.95. The molecule has 0 aliphatic carbocycles. The monoisotopic (exact) mass is 337 g/mol. The predicted octanol–water partition coefficient (Wildman–Crippen LogP) is 2.16. The smallest absolute Gasteiger partial charge is 0.251 e. The maximum atomic E-state index is 12.1. The maximum Gasteiger partial charge on any atom is 0.251 e. The summed E-state index contributed by atoms with van der Waals surface area (Å²) >= 11 is 3.36. The van der Waals surface area contributed by atoms with Crippen molar-refractivity contribution in [2.24, 2.45) is 7.05 Å². The lowest BCUT2D eigenvalue weighted by atomic mass is 10.2. The molecular weight excluding hydrogens is 322 g/mol. The molecule has 20 heavy (non-hydrogen) atoms. The van der Waals surface area contributed by atoms with Gasteiger partial charge in [-0.3, -0.25) is 4.79 Å². The fraction of sp³-hybridized carbons (Fsp3) is 0.286. The van der Waals surface area contributed by atoms with Crippen LogP contribution in [0.3, 0.4) is 0 Å². The molecule has 0 bridgehead atoms. The second-order valence-electron chi connectivity index (χ2n) is 4.38. The van der Waals surface area contributed by atoms with Gasteiger partial charge in [-0.1, -0.05) is 15.9 Å². The van der Waals surface area contributed by atoms with E-state index in [9.17, 15) is 4.79 Å². The lowest BCUT2D eigenvalue weighted by Crippen LogP contribution is -2.26. The summed E-state index contributed by atoms with van der Waals surface area (Å²) in [5.41, 5.74) is 1.65. The third-order valence-corrected chi connectivity index (χ3v) is 3.41. The van der Waals surface area contributed by atoms with Crippen LogP contribution in [0.1, 0.15) is 16.1 Å². The third kappa shape index (κ3) is 3.60. The first-order chi connectivity index (χ1) is 9.60. The molecule has 0 fully saturated rings. The minimum atomic E-state index is -0.119. The van der Waals surface area contributed by atoms with Crippen LogP contribution in [0.2, 0.25) is 0 Å². The van der Waals surface area contributed by atoms with E-state index in [1.807, 2.05) is 17.7 Å². The number of ether oxygens (including phenoxy) is 1. The SMILES string of the molecule is COc1cc(Br)cc(C(=O)NCCc2cncn2C)c1. The summed E-state index contributed by atoms with van der Waals surface area (Å²) in [4.78, 5) is 16.1. The van der Waals surface area contributed by atoms with E-state index in [-0.39, 0.29) is 5.91 Å². The Morgan fingerprint density at radius 3 is 2.90 bits per heavy atom. The van der Waals surface area contributed by atoms with Gasteiger partial charge in [-0.05, 0) is 18.2 Å². The highest BCUT2D eigenvalue weighted by molar-refractivity contribution is 9.10. The first kappa shape index (κ1) is 14.6. The summed E-state index contributed by atoms with van der Waals surface area (Å²) in [6.45, 7) is 0.563.